The standard InChI is InChI=1S/C15H22ClNO/c1-5-12(4)18-15-8-6-7-14(16)13(15)10-17-9-11(2)3/h5-8,11-12,17H,1,9-10H2,2-4H3. The SMILES string of the molecule is C=CC(C)Oc1cccc(Cl)c1CNCC(C)C. The third-order valence-corrected chi connectivity index (χ3v) is 2.93. The molecule has 0 saturated carbocycles. The van der Waals surface area contributed by atoms with Gasteiger partial charge in [-0.25, -0.2) is 0 Å². The Bertz CT molecular complexity index is 390. The van der Waals surface area contributed by atoms with Crippen molar-refractivity contribution >= 4 is 11.6 Å². The van der Waals surface area contributed by atoms with Gasteiger partial charge in [-0.05, 0) is 31.5 Å². The first-order chi connectivity index (χ1) is 8.54. The Morgan fingerprint density at radius 3 is 2.72 bits per heavy atom. The third kappa shape index (κ3) is 4.71. The van der Waals surface area contributed by atoms with E-state index in [1.807, 2.05) is 25.1 Å². The van der Waals surface area contributed by atoms with Crippen molar-refractivity contribution in [2.45, 2.75) is 33.4 Å². The molecule has 100 valence electrons. The van der Waals surface area contributed by atoms with Crippen molar-refractivity contribution in [2.24, 2.45) is 5.92 Å². The Kier molecular flexibility index (Phi) is 6.23. The van der Waals surface area contributed by atoms with Gasteiger partial charge in [0, 0.05) is 17.1 Å². The number of nitrogens with one attached hydrogen (secondary N) is 1. The number of benzene rings is 1. The first-order valence-corrected chi connectivity index (χ1v) is 6.69. The summed E-state index contributed by atoms with van der Waals surface area (Å²) in [4.78, 5) is 0. The van der Waals surface area contributed by atoms with Crippen molar-refractivity contribution < 1.29 is 4.74 Å². The molecule has 1 unspecified atom stereocenters. The highest BCUT2D eigenvalue weighted by atomic mass is 35.5. The van der Waals surface area contributed by atoms with Gasteiger partial charge in [0.15, 0.2) is 0 Å². The van der Waals surface area contributed by atoms with E-state index in [0.29, 0.717) is 5.92 Å². The topological polar surface area (TPSA) is 21.3 Å². The molecule has 0 fully saturated rings. The van der Waals surface area contributed by atoms with Crippen LogP contribution in [-0.4, -0.2) is 12.6 Å². The van der Waals surface area contributed by atoms with E-state index in [1.165, 1.54) is 0 Å². The van der Waals surface area contributed by atoms with Gasteiger partial charge in [0.1, 0.15) is 11.9 Å². The summed E-state index contributed by atoms with van der Waals surface area (Å²) in [5.74, 6) is 1.44. The van der Waals surface area contributed by atoms with Gasteiger partial charge in [0.05, 0.1) is 0 Å². The van der Waals surface area contributed by atoms with Gasteiger partial charge in [-0.15, -0.1) is 0 Å². The Morgan fingerprint density at radius 1 is 1.39 bits per heavy atom. The molecule has 1 rings (SSSR count). The molecule has 0 radical (unpaired) electrons. The lowest BCUT2D eigenvalue weighted by Crippen LogP contribution is -2.20. The van der Waals surface area contributed by atoms with E-state index in [4.69, 9.17) is 16.3 Å². The minimum Gasteiger partial charge on any atom is -0.486 e. The summed E-state index contributed by atoms with van der Waals surface area (Å²) < 4.78 is 5.79. The van der Waals surface area contributed by atoms with Crippen LogP contribution in [0, 0.1) is 5.92 Å². The molecule has 2 nitrogen and oxygen atoms in total. The average Bonchev–Trinajstić information content (AvgIpc) is 2.32. The largest absolute Gasteiger partial charge is 0.486 e. The van der Waals surface area contributed by atoms with Crippen LogP contribution in [0.2, 0.25) is 5.02 Å². The summed E-state index contributed by atoms with van der Waals surface area (Å²) in [5.41, 5.74) is 1.01. The van der Waals surface area contributed by atoms with Gasteiger partial charge < -0.3 is 10.1 Å². The van der Waals surface area contributed by atoms with Crippen molar-refractivity contribution in [1.29, 1.82) is 0 Å². The lowest BCUT2D eigenvalue weighted by atomic mass is 10.1. The second-order valence-corrected chi connectivity index (χ2v) is 5.21. The molecule has 0 aliphatic rings. The molecule has 1 aromatic carbocycles. The third-order valence-electron chi connectivity index (χ3n) is 2.58. The Morgan fingerprint density at radius 2 is 2.11 bits per heavy atom. The molecule has 1 atom stereocenters. The molecule has 1 aromatic rings. The van der Waals surface area contributed by atoms with Crippen LogP contribution in [0.3, 0.4) is 0 Å². The van der Waals surface area contributed by atoms with Crippen LogP contribution in [0.4, 0.5) is 0 Å². The van der Waals surface area contributed by atoms with Gasteiger partial charge in [0.2, 0.25) is 0 Å². The van der Waals surface area contributed by atoms with E-state index in [2.05, 4.69) is 25.7 Å². The van der Waals surface area contributed by atoms with Crippen molar-refractivity contribution in [3.05, 3.63) is 41.4 Å². The summed E-state index contributed by atoms with van der Waals surface area (Å²) >= 11 is 6.23. The summed E-state index contributed by atoms with van der Waals surface area (Å²) in [6.45, 7) is 11.7. The van der Waals surface area contributed by atoms with Crippen LogP contribution in [0.1, 0.15) is 26.3 Å². The predicted octanol–water partition coefficient (Wildman–Crippen LogP) is 4.04. The lowest BCUT2D eigenvalue weighted by Gasteiger charge is -2.16. The first-order valence-electron chi connectivity index (χ1n) is 6.32. The maximum atomic E-state index is 6.23. The fraction of sp³-hybridized carbons (Fsp3) is 0.467. The van der Waals surface area contributed by atoms with Crippen LogP contribution in [0.25, 0.3) is 0 Å². The van der Waals surface area contributed by atoms with Gasteiger partial charge >= 0.3 is 0 Å². The van der Waals surface area contributed by atoms with E-state index >= 15 is 0 Å². The number of halogens is 1. The molecule has 1 N–H and O–H groups in total. The molecule has 0 aliphatic heterocycles. The fourth-order valence-corrected chi connectivity index (χ4v) is 1.79. The smallest absolute Gasteiger partial charge is 0.126 e. The minimum atomic E-state index is -0.0210. The zero-order valence-electron chi connectivity index (χ0n) is 11.4. The predicted molar refractivity (Wildman–Crippen MR) is 78.3 cm³/mol. The van der Waals surface area contributed by atoms with E-state index in [-0.39, 0.29) is 6.10 Å². The normalized spacial score (nSPS) is 12.5. The molecule has 0 aliphatic carbocycles. The summed E-state index contributed by atoms with van der Waals surface area (Å²) in [7, 11) is 0. The maximum Gasteiger partial charge on any atom is 0.126 e. The van der Waals surface area contributed by atoms with Crippen molar-refractivity contribution in [1.82, 2.24) is 5.32 Å². The molecular weight excluding hydrogens is 246 g/mol. The van der Waals surface area contributed by atoms with Gasteiger partial charge in [-0.3, -0.25) is 0 Å². The Hall–Kier alpha value is -0.990. The Balaban J connectivity index is 2.76. The molecule has 0 saturated heterocycles. The molecular formula is C15H22ClNO. The zero-order chi connectivity index (χ0) is 13.5. The Labute approximate surface area is 115 Å². The van der Waals surface area contributed by atoms with E-state index in [1.54, 1.807) is 6.08 Å². The average molecular weight is 268 g/mol. The molecule has 0 spiro atoms. The fourth-order valence-electron chi connectivity index (χ4n) is 1.56. The summed E-state index contributed by atoms with van der Waals surface area (Å²) in [5, 5.41) is 4.12. The zero-order valence-corrected chi connectivity index (χ0v) is 12.1. The molecule has 0 aromatic heterocycles. The van der Waals surface area contributed by atoms with Crippen molar-refractivity contribution in [2.75, 3.05) is 6.54 Å². The quantitative estimate of drug-likeness (QED) is 0.753. The highest BCUT2D eigenvalue weighted by Gasteiger charge is 2.10. The lowest BCUT2D eigenvalue weighted by molar-refractivity contribution is 0.267. The monoisotopic (exact) mass is 267 g/mol. The van der Waals surface area contributed by atoms with Crippen LogP contribution >= 0.6 is 11.6 Å². The number of hydrogen-bond donors (Lipinski definition) is 1. The molecule has 18 heavy (non-hydrogen) atoms. The summed E-state index contributed by atoms with van der Waals surface area (Å²) in [6.07, 6.45) is 1.75. The van der Waals surface area contributed by atoms with Crippen LogP contribution in [0.5, 0.6) is 5.75 Å². The first kappa shape index (κ1) is 15.1. The molecule has 0 bridgehead atoms. The van der Waals surface area contributed by atoms with E-state index < -0.39 is 0 Å². The van der Waals surface area contributed by atoms with Crippen LogP contribution in [-0.2, 0) is 6.54 Å². The number of ether oxygens (including phenoxy) is 1. The molecule has 3 heteroatoms. The van der Waals surface area contributed by atoms with Crippen LogP contribution in [0.15, 0.2) is 30.9 Å². The second kappa shape index (κ2) is 7.45. The van der Waals surface area contributed by atoms with E-state index in [9.17, 15) is 0 Å². The number of rotatable bonds is 7. The number of hydrogen-bond acceptors (Lipinski definition) is 2. The highest BCUT2D eigenvalue weighted by molar-refractivity contribution is 6.31. The summed E-state index contributed by atoms with van der Waals surface area (Å²) in [6, 6.07) is 5.73. The van der Waals surface area contributed by atoms with Crippen molar-refractivity contribution in [3.63, 3.8) is 0 Å². The maximum absolute atomic E-state index is 6.23. The van der Waals surface area contributed by atoms with Gasteiger partial charge in [-0.1, -0.05) is 44.2 Å². The molecule has 0 heterocycles. The van der Waals surface area contributed by atoms with Crippen molar-refractivity contribution in [3.8, 4) is 5.75 Å². The highest BCUT2D eigenvalue weighted by Crippen LogP contribution is 2.27. The minimum absolute atomic E-state index is 0.0210. The second-order valence-electron chi connectivity index (χ2n) is 4.80. The van der Waals surface area contributed by atoms with Gasteiger partial charge in [-0.2, -0.15) is 0 Å². The van der Waals surface area contributed by atoms with E-state index in [0.717, 1.165) is 29.4 Å². The van der Waals surface area contributed by atoms with Gasteiger partial charge in [0.25, 0.3) is 0 Å². The molecule has 0 amide bonds. The van der Waals surface area contributed by atoms with Crippen LogP contribution < -0.4 is 10.1 Å².